The van der Waals surface area contributed by atoms with E-state index in [1.807, 2.05) is 5.40 Å². The third kappa shape index (κ3) is 7.01. The summed E-state index contributed by atoms with van der Waals surface area (Å²) in [5.74, 6) is 1.83. The van der Waals surface area contributed by atoms with Gasteiger partial charge in [0.2, 0.25) is 0 Å². The molecule has 3 aliphatic rings. The zero-order valence-electron chi connectivity index (χ0n) is 17.5. The lowest BCUT2D eigenvalue weighted by atomic mass is 9.79. The zero-order chi connectivity index (χ0) is 21.3. The molecule has 3 rings (SSSR count). The van der Waals surface area contributed by atoms with Gasteiger partial charge in [-0.2, -0.15) is 5.26 Å². The van der Waals surface area contributed by atoms with E-state index in [0.29, 0.717) is 36.5 Å². The van der Waals surface area contributed by atoms with Gasteiger partial charge in [-0.1, -0.05) is 24.3 Å². The molecule has 3 aliphatic carbocycles. The molecule has 0 bridgehead atoms. The van der Waals surface area contributed by atoms with Gasteiger partial charge in [-0.3, -0.25) is 0 Å². The highest BCUT2D eigenvalue weighted by atomic mass is 32.2. The van der Waals surface area contributed by atoms with Gasteiger partial charge in [-0.05, 0) is 112 Å². The predicted molar refractivity (Wildman–Crippen MR) is 124 cm³/mol. The van der Waals surface area contributed by atoms with Gasteiger partial charge in [0.05, 0.1) is 16.5 Å². The molecule has 30 heavy (non-hydrogen) atoms. The smallest absolute Gasteiger partial charge is 0.133 e. The van der Waals surface area contributed by atoms with Crippen LogP contribution in [0.5, 0.6) is 0 Å². The Bertz CT molecular complexity index is 690. The van der Waals surface area contributed by atoms with Crippen LogP contribution >= 0.6 is 24.0 Å². The first-order valence-electron chi connectivity index (χ1n) is 11.4. The summed E-state index contributed by atoms with van der Waals surface area (Å²) in [5, 5.41) is 13.0. The van der Waals surface area contributed by atoms with Gasteiger partial charge in [0, 0.05) is 0 Å². The molecule has 3 fully saturated rings. The number of aliphatic imine (C=N–C) groups is 1. The molecule has 0 heterocycles. The van der Waals surface area contributed by atoms with Gasteiger partial charge in [-0.25, -0.2) is 13.8 Å². The van der Waals surface area contributed by atoms with Crippen LogP contribution < -0.4 is 0 Å². The monoisotopic (exact) mass is 450 g/mol. The Labute approximate surface area is 189 Å². The van der Waals surface area contributed by atoms with E-state index in [1.54, 1.807) is 0 Å². The highest BCUT2D eigenvalue weighted by Gasteiger charge is 2.31. The molecular formula is C24H32F2N2S2. The van der Waals surface area contributed by atoms with Gasteiger partial charge >= 0.3 is 0 Å². The van der Waals surface area contributed by atoms with Gasteiger partial charge in [0.25, 0.3) is 0 Å². The van der Waals surface area contributed by atoms with Crippen LogP contribution in [0.2, 0.25) is 0 Å². The van der Waals surface area contributed by atoms with Gasteiger partial charge in [0.1, 0.15) is 17.7 Å². The average Bonchev–Trinajstić information content (AvgIpc) is 2.75. The highest BCUT2D eigenvalue weighted by Crippen LogP contribution is 2.36. The van der Waals surface area contributed by atoms with Gasteiger partial charge in [0.15, 0.2) is 0 Å². The van der Waals surface area contributed by atoms with Gasteiger partial charge in [-0.15, -0.1) is 0 Å². The molecule has 0 aromatic rings. The van der Waals surface area contributed by atoms with Crippen molar-refractivity contribution in [1.82, 2.24) is 0 Å². The summed E-state index contributed by atoms with van der Waals surface area (Å²) in [7, 11) is 0. The third-order valence-corrected chi connectivity index (χ3v) is 8.13. The zero-order valence-corrected chi connectivity index (χ0v) is 19.1. The molecule has 0 radical (unpaired) electrons. The maximum atomic E-state index is 14.2. The Morgan fingerprint density at radius 1 is 0.767 bits per heavy atom. The lowest BCUT2D eigenvalue weighted by molar-refractivity contribution is 0.192. The Hall–Kier alpha value is -1.02. The fourth-order valence-electron chi connectivity index (χ4n) is 5.17. The number of nitrogens with zero attached hydrogens (tertiary/aromatic N) is 2. The first kappa shape index (κ1) is 23.6. The first-order valence-corrected chi connectivity index (χ1v) is 12.6. The summed E-state index contributed by atoms with van der Waals surface area (Å²) >= 11 is 5.70. The maximum absolute atomic E-state index is 14.2. The predicted octanol–water partition coefficient (Wildman–Crippen LogP) is 7.24. The van der Waals surface area contributed by atoms with E-state index in [1.165, 1.54) is 25.7 Å². The number of alkyl halides is 2. The highest BCUT2D eigenvalue weighted by molar-refractivity contribution is 8.04. The van der Waals surface area contributed by atoms with Crippen LogP contribution in [0.15, 0.2) is 29.3 Å². The molecule has 164 valence electrons. The second-order valence-corrected chi connectivity index (χ2v) is 10.4. The van der Waals surface area contributed by atoms with E-state index >= 15 is 0 Å². The molecule has 6 atom stereocenters. The number of nitriles is 1. The van der Waals surface area contributed by atoms with Crippen LogP contribution in [-0.4, -0.2) is 28.8 Å². The molecule has 0 aromatic carbocycles. The lowest BCUT2D eigenvalue weighted by Gasteiger charge is -2.29. The number of thiocyanates is 1. The number of rotatable bonds is 6. The Morgan fingerprint density at radius 2 is 1.27 bits per heavy atom. The van der Waals surface area contributed by atoms with Crippen LogP contribution in [0.1, 0.15) is 64.2 Å². The van der Waals surface area contributed by atoms with E-state index in [2.05, 4.69) is 46.7 Å². The molecule has 0 saturated heterocycles. The number of thiocarbonyl (C=S) groups is 1. The maximum Gasteiger partial charge on any atom is 0.133 e. The average molecular weight is 451 g/mol. The summed E-state index contributed by atoms with van der Waals surface area (Å²) in [5.41, 5.74) is 0. The third-order valence-electron chi connectivity index (χ3n) is 7.08. The molecule has 3 saturated carbocycles. The van der Waals surface area contributed by atoms with Crippen molar-refractivity contribution >= 4 is 29.1 Å². The van der Waals surface area contributed by atoms with Gasteiger partial charge < -0.3 is 0 Å². The van der Waals surface area contributed by atoms with Crippen LogP contribution in [-0.2, 0) is 0 Å². The largest absolute Gasteiger partial charge is 0.246 e. The minimum absolute atomic E-state index is 0.141. The van der Waals surface area contributed by atoms with Crippen molar-refractivity contribution in [3.63, 3.8) is 0 Å². The van der Waals surface area contributed by atoms with Crippen molar-refractivity contribution in [3.8, 4) is 5.40 Å². The van der Waals surface area contributed by atoms with E-state index in [0.717, 1.165) is 37.4 Å². The number of hydrogen-bond donors (Lipinski definition) is 0. The Balaban J connectivity index is 1.37. The quantitative estimate of drug-likeness (QED) is 0.185. The molecule has 6 heteroatoms. The summed E-state index contributed by atoms with van der Waals surface area (Å²) in [6.45, 7) is 0. The number of halogens is 2. The fourth-order valence-corrected chi connectivity index (χ4v) is 5.95. The van der Waals surface area contributed by atoms with Crippen LogP contribution in [0, 0.1) is 34.3 Å². The SMILES string of the molecule is N#CSC1CCC(/C=C/C2CCC(/C=C/C3CCC(N=C=S)C(F)C3)CC2)CC1F. The lowest BCUT2D eigenvalue weighted by Crippen LogP contribution is -2.28. The van der Waals surface area contributed by atoms with Crippen molar-refractivity contribution in [1.29, 1.82) is 5.26 Å². The molecule has 0 spiro atoms. The molecule has 0 aromatic heterocycles. The van der Waals surface area contributed by atoms with E-state index in [4.69, 9.17) is 5.26 Å². The topological polar surface area (TPSA) is 36.1 Å². The van der Waals surface area contributed by atoms with Crippen molar-refractivity contribution in [3.05, 3.63) is 24.3 Å². The van der Waals surface area contributed by atoms with Crippen LogP contribution in [0.3, 0.4) is 0 Å². The molecule has 0 aliphatic heterocycles. The standard InChI is InChI=1S/C24H32F2N2S2/c25-21-13-19(9-11-23(21)28-16-29)7-5-17-1-3-18(4-2-17)6-8-20-10-12-24(30-15-27)22(26)14-20/h5-8,17-24H,1-4,9-14H2/b7-5+,8-6+. The van der Waals surface area contributed by atoms with Crippen LogP contribution in [0.4, 0.5) is 8.78 Å². The molecule has 6 unspecified atom stereocenters. The fraction of sp³-hybridized carbons (Fsp3) is 0.750. The van der Waals surface area contributed by atoms with Crippen molar-refractivity contribution in [2.75, 3.05) is 0 Å². The van der Waals surface area contributed by atoms with Crippen molar-refractivity contribution in [2.24, 2.45) is 28.7 Å². The van der Waals surface area contributed by atoms with E-state index in [-0.39, 0.29) is 11.3 Å². The van der Waals surface area contributed by atoms with E-state index in [9.17, 15) is 8.78 Å². The second-order valence-electron chi connectivity index (χ2n) is 9.16. The number of thioether (sulfide) groups is 1. The molecule has 0 amide bonds. The number of isothiocyanates is 1. The molecule has 0 N–H and O–H groups in total. The summed E-state index contributed by atoms with van der Waals surface area (Å²) in [4.78, 5) is 3.95. The second kappa shape index (κ2) is 12.1. The minimum atomic E-state index is -0.901. The normalized spacial score (nSPS) is 40.2. The Kier molecular flexibility index (Phi) is 9.56. The van der Waals surface area contributed by atoms with Crippen LogP contribution in [0.25, 0.3) is 0 Å². The van der Waals surface area contributed by atoms with Crippen molar-refractivity contribution < 1.29 is 8.78 Å². The molecular weight excluding hydrogens is 418 g/mol. The van der Waals surface area contributed by atoms with Crippen molar-refractivity contribution in [2.45, 2.75) is 87.8 Å². The van der Waals surface area contributed by atoms with E-state index < -0.39 is 12.3 Å². The Morgan fingerprint density at radius 3 is 1.77 bits per heavy atom. The summed E-state index contributed by atoms with van der Waals surface area (Å²) < 4.78 is 28.3. The molecule has 2 nitrogen and oxygen atoms in total. The number of allylic oxidation sites excluding steroid dienone is 4. The number of hydrogen-bond acceptors (Lipinski definition) is 4. The minimum Gasteiger partial charge on any atom is -0.246 e. The first-order chi connectivity index (χ1) is 14.6. The summed E-state index contributed by atoms with van der Waals surface area (Å²) in [6, 6.07) is -0.290. The summed E-state index contributed by atoms with van der Waals surface area (Å²) in [6.07, 6.45) is 16.7.